The molecule has 0 aromatic heterocycles. The quantitative estimate of drug-likeness (QED) is 0.758. The second kappa shape index (κ2) is 5.64. The Morgan fingerprint density at radius 2 is 2.12 bits per heavy atom. The van der Waals surface area contributed by atoms with E-state index in [2.05, 4.69) is 12.2 Å². The van der Waals surface area contributed by atoms with Crippen molar-refractivity contribution in [2.75, 3.05) is 13.7 Å². The number of aliphatic hydroxyl groups is 1. The predicted octanol–water partition coefficient (Wildman–Crippen LogP) is 1.08. The first kappa shape index (κ1) is 13.5. The summed E-state index contributed by atoms with van der Waals surface area (Å²) in [4.78, 5) is 11.5. The molecule has 1 amide bonds. The van der Waals surface area contributed by atoms with Gasteiger partial charge in [0.2, 0.25) is 5.91 Å². The first-order chi connectivity index (χ1) is 7.47. The van der Waals surface area contributed by atoms with Crippen LogP contribution in [-0.2, 0) is 9.53 Å². The Kier molecular flexibility index (Phi) is 4.74. The van der Waals surface area contributed by atoms with E-state index in [-0.39, 0.29) is 5.91 Å². The summed E-state index contributed by atoms with van der Waals surface area (Å²) in [6.07, 6.45) is 3.16. The van der Waals surface area contributed by atoms with Crippen LogP contribution in [0.2, 0.25) is 0 Å². The van der Waals surface area contributed by atoms with E-state index in [0.29, 0.717) is 12.5 Å². The van der Waals surface area contributed by atoms with Gasteiger partial charge in [-0.2, -0.15) is 0 Å². The molecule has 0 aliphatic heterocycles. The van der Waals surface area contributed by atoms with Gasteiger partial charge in [-0.25, -0.2) is 0 Å². The maximum atomic E-state index is 11.5. The molecule has 0 aromatic rings. The fourth-order valence-electron chi connectivity index (χ4n) is 1.98. The molecule has 1 atom stereocenters. The predicted molar refractivity (Wildman–Crippen MR) is 62.1 cm³/mol. The molecule has 4 heteroatoms. The second-order valence-corrected chi connectivity index (χ2v) is 5.00. The van der Waals surface area contributed by atoms with Gasteiger partial charge in [0.25, 0.3) is 0 Å². The average molecular weight is 229 g/mol. The normalized spacial score (nSPS) is 32.1. The number of amides is 1. The Labute approximate surface area is 97.4 Å². The van der Waals surface area contributed by atoms with Gasteiger partial charge in [0.05, 0.1) is 5.60 Å². The van der Waals surface area contributed by atoms with E-state index in [1.807, 2.05) is 0 Å². The summed E-state index contributed by atoms with van der Waals surface area (Å²) in [7, 11) is 1.50. The summed E-state index contributed by atoms with van der Waals surface area (Å²) in [6, 6.07) is 0. The minimum Gasteiger partial charge on any atom is -0.388 e. The van der Waals surface area contributed by atoms with Gasteiger partial charge < -0.3 is 15.2 Å². The molecule has 0 spiro atoms. The van der Waals surface area contributed by atoms with Crippen LogP contribution in [0.4, 0.5) is 0 Å². The Balaban J connectivity index is 2.34. The van der Waals surface area contributed by atoms with E-state index in [4.69, 9.17) is 4.74 Å². The monoisotopic (exact) mass is 229 g/mol. The highest BCUT2D eigenvalue weighted by Crippen LogP contribution is 2.31. The van der Waals surface area contributed by atoms with Gasteiger partial charge in [0.1, 0.15) is 6.10 Å². The van der Waals surface area contributed by atoms with Gasteiger partial charge in [-0.3, -0.25) is 4.79 Å². The maximum absolute atomic E-state index is 11.5. The largest absolute Gasteiger partial charge is 0.388 e. The van der Waals surface area contributed by atoms with E-state index >= 15 is 0 Å². The first-order valence-corrected chi connectivity index (χ1v) is 6.00. The van der Waals surface area contributed by atoms with Crippen LogP contribution in [0.5, 0.6) is 0 Å². The van der Waals surface area contributed by atoms with Crippen molar-refractivity contribution >= 4 is 5.91 Å². The van der Waals surface area contributed by atoms with Gasteiger partial charge in [0, 0.05) is 13.7 Å². The van der Waals surface area contributed by atoms with Crippen LogP contribution in [0.15, 0.2) is 0 Å². The van der Waals surface area contributed by atoms with Crippen molar-refractivity contribution in [3.63, 3.8) is 0 Å². The lowest BCUT2D eigenvalue weighted by Gasteiger charge is -2.35. The molecule has 1 rings (SSSR count). The molecule has 1 fully saturated rings. The number of methoxy groups -OCH3 is 1. The van der Waals surface area contributed by atoms with Crippen LogP contribution in [0.3, 0.4) is 0 Å². The molecule has 0 saturated heterocycles. The summed E-state index contributed by atoms with van der Waals surface area (Å²) in [5, 5.41) is 13.0. The number of hydrogen-bond acceptors (Lipinski definition) is 3. The third-order valence-electron chi connectivity index (χ3n) is 3.52. The number of nitrogens with one attached hydrogen (secondary N) is 1. The molecule has 2 N–H and O–H groups in total. The highest BCUT2D eigenvalue weighted by molar-refractivity contribution is 5.80. The Hall–Kier alpha value is -0.610. The summed E-state index contributed by atoms with van der Waals surface area (Å²) in [6.45, 7) is 4.24. The van der Waals surface area contributed by atoms with Crippen molar-refractivity contribution in [3.8, 4) is 0 Å². The zero-order chi connectivity index (χ0) is 12.2. The zero-order valence-electron chi connectivity index (χ0n) is 10.5. The fraction of sp³-hybridized carbons (Fsp3) is 0.917. The lowest BCUT2D eigenvalue weighted by Crippen LogP contribution is -2.47. The van der Waals surface area contributed by atoms with Crippen LogP contribution in [0, 0.1) is 5.92 Å². The summed E-state index contributed by atoms with van der Waals surface area (Å²) >= 11 is 0. The van der Waals surface area contributed by atoms with Crippen molar-refractivity contribution in [2.24, 2.45) is 5.92 Å². The Morgan fingerprint density at radius 1 is 1.56 bits per heavy atom. The summed E-state index contributed by atoms with van der Waals surface area (Å²) < 4.78 is 4.91. The van der Waals surface area contributed by atoms with Crippen LogP contribution < -0.4 is 5.32 Å². The van der Waals surface area contributed by atoms with Crippen molar-refractivity contribution in [2.45, 2.75) is 51.2 Å². The third-order valence-corrected chi connectivity index (χ3v) is 3.52. The molecule has 1 unspecified atom stereocenters. The van der Waals surface area contributed by atoms with Gasteiger partial charge in [-0.05, 0) is 38.5 Å². The molecule has 0 heterocycles. The summed E-state index contributed by atoms with van der Waals surface area (Å²) in [5.74, 6) is 0.531. The molecule has 1 aliphatic carbocycles. The molecule has 1 aliphatic rings. The Bertz CT molecular complexity index is 234. The minimum atomic E-state index is -0.713. The van der Waals surface area contributed by atoms with E-state index in [1.54, 1.807) is 6.92 Å². The molecule has 0 radical (unpaired) electrons. The van der Waals surface area contributed by atoms with E-state index < -0.39 is 11.7 Å². The molecular weight excluding hydrogens is 206 g/mol. The molecule has 4 nitrogen and oxygen atoms in total. The second-order valence-electron chi connectivity index (χ2n) is 5.00. The molecule has 0 aromatic carbocycles. The standard InChI is InChI=1S/C12H23NO3/c1-9-4-6-12(15,7-5-9)8-13-11(14)10(2)16-3/h9-10,15H,4-8H2,1-3H3,(H,13,14). The first-order valence-electron chi connectivity index (χ1n) is 6.00. The van der Waals surface area contributed by atoms with Crippen molar-refractivity contribution in [1.29, 1.82) is 0 Å². The maximum Gasteiger partial charge on any atom is 0.248 e. The van der Waals surface area contributed by atoms with Gasteiger partial charge >= 0.3 is 0 Å². The topological polar surface area (TPSA) is 58.6 Å². The lowest BCUT2D eigenvalue weighted by molar-refractivity contribution is -0.131. The molecule has 1 saturated carbocycles. The van der Waals surface area contributed by atoms with Crippen LogP contribution in [0.1, 0.15) is 39.5 Å². The van der Waals surface area contributed by atoms with Crippen LogP contribution in [0.25, 0.3) is 0 Å². The minimum absolute atomic E-state index is 0.158. The van der Waals surface area contributed by atoms with E-state index in [1.165, 1.54) is 7.11 Å². The molecular formula is C12H23NO3. The van der Waals surface area contributed by atoms with E-state index in [9.17, 15) is 9.90 Å². The van der Waals surface area contributed by atoms with Gasteiger partial charge in [-0.1, -0.05) is 6.92 Å². The highest BCUT2D eigenvalue weighted by Gasteiger charge is 2.32. The molecule has 16 heavy (non-hydrogen) atoms. The molecule has 0 bridgehead atoms. The zero-order valence-corrected chi connectivity index (χ0v) is 10.5. The number of carbonyl (C=O) groups excluding carboxylic acids is 1. The van der Waals surface area contributed by atoms with Gasteiger partial charge in [0.15, 0.2) is 0 Å². The number of hydrogen-bond donors (Lipinski definition) is 2. The number of rotatable bonds is 4. The third kappa shape index (κ3) is 3.76. The van der Waals surface area contributed by atoms with E-state index in [0.717, 1.165) is 25.7 Å². The Morgan fingerprint density at radius 3 is 2.62 bits per heavy atom. The number of carbonyl (C=O) groups is 1. The van der Waals surface area contributed by atoms with Crippen molar-refractivity contribution < 1.29 is 14.6 Å². The SMILES string of the molecule is COC(C)C(=O)NCC1(O)CCC(C)CC1. The average Bonchev–Trinajstić information content (AvgIpc) is 2.29. The lowest BCUT2D eigenvalue weighted by atomic mass is 9.79. The van der Waals surface area contributed by atoms with Gasteiger partial charge in [-0.15, -0.1) is 0 Å². The fourth-order valence-corrected chi connectivity index (χ4v) is 1.98. The summed E-state index contributed by atoms with van der Waals surface area (Å²) in [5.41, 5.74) is -0.713. The van der Waals surface area contributed by atoms with Crippen molar-refractivity contribution in [1.82, 2.24) is 5.32 Å². The molecule has 94 valence electrons. The van der Waals surface area contributed by atoms with Crippen molar-refractivity contribution in [3.05, 3.63) is 0 Å². The van der Waals surface area contributed by atoms with Crippen LogP contribution >= 0.6 is 0 Å². The smallest absolute Gasteiger partial charge is 0.248 e. The highest BCUT2D eigenvalue weighted by atomic mass is 16.5. The van der Waals surface area contributed by atoms with Crippen LogP contribution in [-0.4, -0.2) is 36.4 Å². The number of ether oxygens (including phenoxy) is 1.